The minimum atomic E-state index is -0.846. The van der Waals surface area contributed by atoms with Crippen LogP contribution in [0.1, 0.15) is 39.0 Å². The van der Waals surface area contributed by atoms with E-state index in [1.807, 2.05) is 36.2 Å². The highest BCUT2D eigenvalue weighted by molar-refractivity contribution is 6.08. The summed E-state index contributed by atoms with van der Waals surface area (Å²) in [5.74, 6) is 0.0944. The Hall–Kier alpha value is -2.81. The molecule has 0 aromatic heterocycles. The Balaban J connectivity index is 1.31. The van der Waals surface area contributed by atoms with Crippen molar-refractivity contribution in [2.75, 3.05) is 38.1 Å². The molecule has 1 aromatic rings. The zero-order chi connectivity index (χ0) is 22.0. The third kappa shape index (κ3) is 4.32. The standard InChI is InChI=1S/C22H31N5O4/c1-3-26-14-16(31-18-10-6-5-9-17(18)26)13-25(2)15-19(28)24-27-20(29)22(23-21(27)30)11-7-4-8-12-22/h5-6,9-10,16H,3-4,7-8,11-15H2,1-2H3,(H,23,30)(H,24,28). The highest BCUT2D eigenvalue weighted by Gasteiger charge is 2.52. The first-order chi connectivity index (χ1) is 14.9. The van der Waals surface area contributed by atoms with Crippen molar-refractivity contribution >= 4 is 23.5 Å². The van der Waals surface area contributed by atoms with E-state index in [9.17, 15) is 14.4 Å². The quantitative estimate of drug-likeness (QED) is 0.666. The number of urea groups is 1. The summed E-state index contributed by atoms with van der Waals surface area (Å²) in [6.45, 7) is 4.30. The highest BCUT2D eigenvalue weighted by Crippen LogP contribution is 2.34. The number of fused-ring (bicyclic) bond motifs is 1. The van der Waals surface area contributed by atoms with Crippen molar-refractivity contribution < 1.29 is 19.1 Å². The number of rotatable bonds is 6. The SMILES string of the molecule is CCN1CC(CN(C)CC(=O)NN2C(=O)NC3(CCCCC3)C2=O)Oc2ccccc21. The molecule has 1 unspecified atom stereocenters. The maximum Gasteiger partial charge on any atom is 0.344 e. The molecule has 31 heavy (non-hydrogen) atoms. The van der Waals surface area contributed by atoms with Crippen molar-refractivity contribution in [3.05, 3.63) is 24.3 Å². The Labute approximate surface area is 182 Å². The molecule has 0 radical (unpaired) electrons. The number of ether oxygens (including phenoxy) is 1. The molecule has 1 aromatic carbocycles. The normalized spacial score (nSPS) is 22.4. The van der Waals surface area contributed by atoms with E-state index in [4.69, 9.17) is 4.74 Å². The van der Waals surface area contributed by atoms with Gasteiger partial charge in [0.05, 0.1) is 18.8 Å². The largest absolute Gasteiger partial charge is 0.485 e. The van der Waals surface area contributed by atoms with Crippen LogP contribution in [0.3, 0.4) is 0 Å². The second kappa shape index (κ2) is 8.74. The van der Waals surface area contributed by atoms with Crippen LogP contribution in [0.2, 0.25) is 0 Å². The fourth-order valence-corrected chi connectivity index (χ4v) is 4.81. The molecule has 2 fully saturated rings. The van der Waals surface area contributed by atoms with Gasteiger partial charge in [0.1, 0.15) is 17.4 Å². The summed E-state index contributed by atoms with van der Waals surface area (Å²) >= 11 is 0. The number of hydrogen-bond donors (Lipinski definition) is 2. The van der Waals surface area contributed by atoms with Gasteiger partial charge in [-0.15, -0.1) is 0 Å². The number of para-hydroxylation sites is 2. The van der Waals surface area contributed by atoms with Crippen molar-refractivity contribution in [3.63, 3.8) is 0 Å². The number of likely N-dealkylation sites (N-methyl/N-ethyl adjacent to an activating group) is 2. The molecule has 9 nitrogen and oxygen atoms in total. The van der Waals surface area contributed by atoms with Gasteiger partial charge < -0.3 is 15.0 Å². The fraction of sp³-hybridized carbons (Fsp3) is 0.591. The van der Waals surface area contributed by atoms with E-state index >= 15 is 0 Å². The van der Waals surface area contributed by atoms with E-state index in [1.54, 1.807) is 0 Å². The predicted octanol–water partition coefficient (Wildman–Crippen LogP) is 1.49. The number of imide groups is 1. The number of carbonyl (C=O) groups excluding carboxylic acids is 3. The van der Waals surface area contributed by atoms with Crippen LogP contribution in [-0.2, 0) is 9.59 Å². The highest BCUT2D eigenvalue weighted by atomic mass is 16.5. The van der Waals surface area contributed by atoms with Crippen LogP contribution < -0.4 is 20.4 Å². The number of benzene rings is 1. The zero-order valence-corrected chi connectivity index (χ0v) is 18.2. The lowest BCUT2D eigenvalue weighted by atomic mass is 9.82. The van der Waals surface area contributed by atoms with Crippen molar-refractivity contribution in [1.29, 1.82) is 0 Å². The molecule has 1 spiro atoms. The van der Waals surface area contributed by atoms with Crippen LogP contribution in [0.5, 0.6) is 5.75 Å². The molecule has 2 N–H and O–H groups in total. The number of carbonyl (C=O) groups is 3. The number of hydrazine groups is 1. The second-order valence-corrected chi connectivity index (χ2v) is 8.69. The van der Waals surface area contributed by atoms with Gasteiger partial charge in [-0.3, -0.25) is 19.9 Å². The molecule has 1 saturated heterocycles. The maximum absolute atomic E-state index is 12.8. The summed E-state index contributed by atoms with van der Waals surface area (Å²) < 4.78 is 6.12. The van der Waals surface area contributed by atoms with Crippen molar-refractivity contribution in [2.45, 2.75) is 50.7 Å². The third-order valence-corrected chi connectivity index (χ3v) is 6.34. The van der Waals surface area contributed by atoms with Gasteiger partial charge in [-0.25, -0.2) is 4.79 Å². The summed E-state index contributed by atoms with van der Waals surface area (Å²) in [6, 6.07) is 7.39. The molecule has 2 heterocycles. The predicted molar refractivity (Wildman–Crippen MR) is 116 cm³/mol. The van der Waals surface area contributed by atoms with E-state index in [0.717, 1.165) is 48.8 Å². The topological polar surface area (TPSA) is 94.2 Å². The summed E-state index contributed by atoms with van der Waals surface area (Å²) in [5, 5.41) is 3.65. The van der Waals surface area contributed by atoms with Gasteiger partial charge in [0.15, 0.2) is 0 Å². The van der Waals surface area contributed by atoms with E-state index < -0.39 is 17.5 Å². The van der Waals surface area contributed by atoms with Crippen molar-refractivity contribution in [2.24, 2.45) is 0 Å². The average Bonchev–Trinajstić information content (AvgIpc) is 2.97. The summed E-state index contributed by atoms with van der Waals surface area (Å²) in [5.41, 5.74) is 2.73. The molecule has 1 atom stereocenters. The van der Waals surface area contributed by atoms with Gasteiger partial charge in [0.25, 0.3) is 11.8 Å². The average molecular weight is 430 g/mol. The molecule has 168 valence electrons. The minimum absolute atomic E-state index is 0.0533. The summed E-state index contributed by atoms with van der Waals surface area (Å²) in [4.78, 5) is 41.8. The molecule has 4 rings (SSSR count). The molecule has 1 aliphatic carbocycles. The summed E-state index contributed by atoms with van der Waals surface area (Å²) in [7, 11) is 1.83. The third-order valence-electron chi connectivity index (χ3n) is 6.34. The van der Waals surface area contributed by atoms with Gasteiger partial charge in [-0.2, -0.15) is 5.01 Å². The number of nitrogens with zero attached hydrogens (tertiary/aromatic N) is 3. The van der Waals surface area contributed by atoms with Crippen LogP contribution in [-0.4, -0.2) is 72.6 Å². The van der Waals surface area contributed by atoms with Gasteiger partial charge in [0, 0.05) is 13.1 Å². The molecule has 1 saturated carbocycles. The van der Waals surface area contributed by atoms with Gasteiger partial charge >= 0.3 is 6.03 Å². The Kier molecular flexibility index (Phi) is 6.04. The smallest absolute Gasteiger partial charge is 0.344 e. The molecule has 2 aliphatic heterocycles. The van der Waals surface area contributed by atoms with E-state index in [-0.39, 0.29) is 18.6 Å². The Morgan fingerprint density at radius 2 is 2.00 bits per heavy atom. The van der Waals surface area contributed by atoms with Crippen LogP contribution in [0.4, 0.5) is 10.5 Å². The van der Waals surface area contributed by atoms with Crippen molar-refractivity contribution in [1.82, 2.24) is 20.7 Å². The molecule has 4 amide bonds. The second-order valence-electron chi connectivity index (χ2n) is 8.69. The zero-order valence-electron chi connectivity index (χ0n) is 18.2. The van der Waals surface area contributed by atoms with E-state index in [1.165, 1.54) is 0 Å². The van der Waals surface area contributed by atoms with E-state index in [0.29, 0.717) is 19.4 Å². The summed E-state index contributed by atoms with van der Waals surface area (Å²) in [6.07, 6.45) is 4.02. The van der Waals surface area contributed by atoms with Crippen molar-refractivity contribution in [3.8, 4) is 5.75 Å². The Morgan fingerprint density at radius 1 is 1.26 bits per heavy atom. The van der Waals surface area contributed by atoms with Gasteiger partial charge in [-0.05, 0) is 38.9 Å². The van der Waals surface area contributed by atoms with Gasteiger partial charge in [0.2, 0.25) is 0 Å². The van der Waals surface area contributed by atoms with Crippen LogP contribution in [0.15, 0.2) is 24.3 Å². The van der Waals surface area contributed by atoms with Crippen LogP contribution in [0, 0.1) is 0 Å². The Morgan fingerprint density at radius 3 is 2.74 bits per heavy atom. The lowest BCUT2D eigenvalue weighted by Crippen LogP contribution is -2.53. The lowest BCUT2D eigenvalue weighted by Gasteiger charge is -2.37. The first-order valence-corrected chi connectivity index (χ1v) is 11.1. The molecular weight excluding hydrogens is 398 g/mol. The molecule has 9 heteroatoms. The van der Waals surface area contributed by atoms with E-state index in [2.05, 4.69) is 22.6 Å². The molecule has 0 bridgehead atoms. The van der Waals surface area contributed by atoms with Gasteiger partial charge in [-0.1, -0.05) is 31.4 Å². The van der Waals surface area contributed by atoms with Crippen LogP contribution >= 0.6 is 0 Å². The van der Waals surface area contributed by atoms with Crippen LogP contribution in [0.25, 0.3) is 0 Å². The number of nitrogens with one attached hydrogen (secondary N) is 2. The molecule has 3 aliphatic rings. The monoisotopic (exact) mass is 429 g/mol. The fourth-order valence-electron chi connectivity index (χ4n) is 4.81. The Bertz CT molecular complexity index is 854. The number of anilines is 1. The first kappa shape index (κ1) is 21.4. The molecular formula is C22H31N5O4. The number of hydrogen-bond acceptors (Lipinski definition) is 6. The number of amides is 4. The first-order valence-electron chi connectivity index (χ1n) is 11.1. The maximum atomic E-state index is 12.8. The minimum Gasteiger partial charge on any atom is -0.485 e. The lowest BCUT2D eigenvalue weighted by molar-refractivity contribution is -0.140.